The van der Waals surface area contributed by atoms with E-state index in [0.717, 1.165) is 43.9 Å². The van der Waals surface area contributed by atoms with Gasteiger partial charge < -0.3 is 4.74 Å². The van der Waals surface area contributed by atoms with Crippen molar-refractivity contribution in [2.45, 2.75) is 38.2 Å². The minimum Gasteiger partial charge on any atom is -0.455 e. The molecule has 0 N–H and O–H groups in total. The minimum atomic E-state index is -0.759. The minimum absolute atomic E-state index is 0.151. The SMILES string of the molecule is CC1C2CCCC1(OC(=O)c1cc([N+](=O)[O-])cc([N+](=O)[O-])c1)C2. The first-order valence-corrected chi connectivity index (χ1v) is 7.49. The molecule has 3 aliphatic carbocycles. The number of fused-ring (bicyclic) bond motifs is 2. The maximum atomic E-state index is 12.4. The highest BCUT2D eigenvalue weighted by Gasteiger charge is 2.56. The van der Waals surface area contributed by atoms with E-state index in [9.17, 15) is 25.0 Å². The number of nitrogens with zero attached hydrogens (tertiary/aromatic N) is 2. The molecule has 8 nitrogen and oxygen atoms in total. The largest absolute Gasteiger partial charge is 0.455 e. The lowest BCUT2D eigenvalue weighted by atomic mass is 9.54. The highest BCUT2D eigenvalue weighted by molar-refractivity contribution is 5.91. The molecular weight excluding hydrogens is 304 g/mol. The van der Waals surface area contributed by atoms with Gasteiger partial charge in [0.15, 0.2) is 0 Å². The predicted molar refractivity (Wildman–Crippen MR) is 79.0 cm³/mol. The molecule has 0 aliphatic heterocycles. The molecule has 0 aromatic heterocycles. The fraction of sp³-hybridized carbons (Fsp3) is 0.533. The van der Waals surface area contributed by atoms with Crippen molar-refractivity contribution in [3.8, 4) is 0 Å². The number of carbonyl (C=O) groups excluding carboxylic acids is 1. The zero-order valence-corrected chi connectivity index (χ0v) is 12.6. The summed E-state index contributed by atoms with van der Waals surface area (Å²) >= 11 is 0. The zero-order chi connectivity index (χ0) is 16.8. The maximum Gasteiger partial charge on any atom is 0.339 e. The molecule has 8 heteroatoms. The van der Waals surface area contributed by atoms with Crippen LogP contribution in [0.3, 0.4) is 0 Å². The molecule has 1 aromatic rings. The van der Waals surface area contributed by atoms with Crippen molar-refractivity contribution >= 4 is 17.3 Å². The van der Waals surface area contributed by atoms with Crippen LogP contribution in [-0.2, 0) is 4.74 Å². The van der Waals surface area contributed by atoms with Crippen molar-refractivity contribution in [2.24, 2.45) is 11.8 Å². The summed E-state index contributed by atoms with van der Waals surface area (Å²) in [6.07, 6.45) is 3.68. The average Bonchev–Trinajstić information content (AvgIpc) is 2.54. The number of carbonyl (C=O) groups is 1. The van der Waals surface area contributed by atoms with Crippen LogP contribution in [0.4, 0.5) is 11.4 Å². The Morgan fingerprint density at radius 3 is 2.30 bits per heavy atom. The van der Waals surface area contributed by atoms with E-state index in [0.29, 0.717) is 5.92 Å². The molecule has 0 spiro atoms. The molecule has 122 valence electrons. The second kappa shape index (κ2) is 5.29. The van der Waals surface area contributed by atoms with E-state index in [1.165, 1.54) is 0 Å². The number of hydrogen-bond acceptors (Lipinski definition) is 6. The highest BCUT2D eigenvalue weighted by atomic mass is 16.6. The Labute approximate surface area is 131 Å². The molecule has 0 heterocycles. The summed E-state index contributed by atoms with van der Waals surface area (Å²) < 4.78 is 5.63. The quantitative estimate of drug-likeness (QED) is 0.478. The predicted octanol–water partition coefficient (Wildman–Crippen LogP) is 3.24. The Morgan fingerprint density at radius 2 is 1.83 bits per heavy atom. The Balaban J connectivity index is 1.87. The third kappa shape index (κ3) is 2.54. The first-order chi connectivity index (χ1) is 10.8. The zero-order valence-electron chi connectivity index (χ0n) is 12.6. The number of non-ortho nitro benzene ring substituents is 2. The fourth-order valence-corrected chi connectivity index (χ4v) is 3.77. The lowest BCUT2D eigenvalue weighted by Crippen LogP contribution is -2.58. The number of nitro groups is 2. The van der Waals surface area contributed by atoms with Crippen molar-refractivity contribution in [3.05, 3.63) is 44.0 Å². The van der Waals surface area contributed by atoms with Gasteiger partial charge in [0.25, 0.3) is 11.4 Å². The van der Waals surface area contributed by atoms with Gasteiger partial charge in [-0.25, -0.2) is 4.79 Å². The van der Waals surface area contributed by atoms with Crippen LogP contribution in [0.2, 0.25) is 0 Å². The van der Waals surface area contributed by atoms with Gasteiger partial charge in [0.2, 0.25) is 0 Å². The fourth-order valence-electron chi connectivity index (χ4n) is 3.77. The van der Waals surface area contributed by atoms with Gasteiger partial charge in [-0.3, -0.25) is 20.2 Å². The molecule has 3 atom stereocenters. The normalized spacial score (nSPS) is 28.6. The van der Waals surface area contributed by atoms with Gasteiger partial charge in [-0.1, -0.05) is 6.92 Å². The molecule has 2 bridgehead atoms. The Kier molecular flexibility index (Phi) is 3.54. The lowest BCUT2D eigenvalue weighted by Gasteiger charge is -2.56. The van der Waals surface area contributed by atoms with E-state index in [1.807, 2.05) is 6.92 Å². The van der Waals surface area contributed by atoms with Crippen molar-refractivity contribution in [3.63, 3.8) is 0 Å². The average molecular weight is 320 g/mol. The van der Waals surface area contributed by atoms with Crippen molar-refractivity contribution in [2.75, 3.05) is 0 Å². The molecule has 23 heavy (non-hydrogen) atoms. The molecule has 3 aliphatic rings. The third-order valence-corrected chi connectivity index (χ3v) is 5.18. The van der Waals surface area contributed by atoms with E-state index < -0.39 is 32.8 Å². The van der Waals surface area contributed by atoms with Crippen molar-refractivity contribution in [1.82, 2.24) is 0 Å². The number of nitro benzene ring substituents is 2. The van der Waals surface area contributed by atoms with Crippen molar-refractivity contribution in [1.29, 1.82) is 0 Å². The summed E-state index contributed by atoms with van der Waals surface area (Å²) in [6, 6.07) is 2.88. The number of esters is 1. The molecule has 0 amide bonds. The molecule has 0 saturated heterocycles. The van der Waals surface area contributed by atoms with Crippen LogP contribution in [0.1, 0.15) is 43.0 Å². The number of rotatable bonds is 4. The van der Waals surface area contributed by atoms with Crippen LogP contribution in [0.25, 0.3) is 0 Å². The molecular formula is C15H16N2O6. The van der Waals surface area contributed by atoms with Crippen LogP contribution in [0.15, 0.2) is 18.2 Å². The lowest BCUT2D eigenvalue weighted by molar-refractivity contribution is -0.394. The van der Waals surface area contributed by atoms with Crippen LogP contribution in [0.5, 0.6) is 0 Å². The number of benzene rings is 1. The molecule has 0 radical (unpaired) electrons. The van der Waals surface area contributed by atoms with Crippen molar-refractivity contribution < 1.29 is 19.4 Å². The molecule has 1 aromatic carbocycles. The van der Waals surface area contributed by atoms with E-state index >= 15 is 0 Å². The van der Waals surface area contributed by atoms with E-state index in [1.54, 1.807) is 0 Å². The molecule has 3 saturated carbocycles. The highest BCUT2D eigenvalue weighted by Crippen LogP contribution is 2.56. The summed E-state index contributed by atoms with van der Waals surface area (Å²) in [5.41, 5.74) is -1.65. The van der Waals surface area contributed by atoms with Gasteiger partial charge >= 0.3 is 5.97 Å². The van der Waals surface area contributed by atoms with E-state index in [2.05, 4.69) is 0 Å². The third-order valence-electron chi connectivity index (χ3n) is 5.18. The topological polar surface area (TPSA) is 113 Å². The smallest absolute Gasteiger partial charge is 0.339 e. The Morgan fingerprint density at radius 1 is 1.22 bits per heavy atom. The van der Waals surface area contributed by atoms with Crippen LogP contribution in [-0.4, -0.2) is 21.4 Å². The van der Waals surface area contributed by atoms with E-state index in [-0.39, 0.29) is 11.5 Å². The van der Waals surface area contributed by atoms with Crippen LogP contribution >= 0.6 is 0 Å². The summed E-state index contributed by atoms with van der Waals surface area (Å²) in [7, 11) is 0. The van der Waals surface area contributed by atoms with Gasteiger partial charge in [0.05, 0.1) is 21.5 Å². The monoisotopic (exact) mass is 320 g/mol. The Bertz CT molecular complexity index is 667. The summed E-state index contributed by atoms with van der Waals surface area (Å²) in [6.45, 7) is 2.04. The second-order valence-corrected chi connectivity index (χ2v) is 6.35. The first kappa shape index (κ1) is 15.4. The first-order valence-electron chi connectivity index (χ1n) is 7.49. The van der Waals surface area contributed by atoms with E-state index in [4.69, 9.17) is 4.74 Å². The van der Waals surface area contributed by atoms with Crippen LogP contribution in [0, 0.1) is 32.1 Å². The summed E-state index contributed by atoms with van der Waals surface area (Å²) in [4.78, 5) is 32.6. The summed E-state index contributed by atoms with van der Waals surface area (Å²) in [5.74, 6) is 0.0777. The van der Waals surface area contributed by atoms with Gasteiger partial charge in [-0.15, -0.1) is 0 Å². The van der Waals surface area contributed by atoms with Gasteiger partial charge in [0, 0.05) is 12.1 Å². The molecule has 3 fully saturated rings. The van der Waals surface area contributed by atoms with Gasteiger partial charge in [-0.05, 0) is 37.5 Å². The standard InChI is InChI=1S/C15H16N2O6/c1-9-10-3-2-4-15(9,8-10)23-14(18)11-5-12(16(19)20)7-13(6-11)17(21)22/h5-7,9-10H,2-4,8H2,1H3. The molecule has 3 unspecified atom stereocenters. The van der Waals surface area contributed by atoms with Gasteiger partial charge in [0.1, 0.15) is 5.60 Å². The van der Waals surface area contributed by atoms with Gasteiger partial charge in [-0.2, -0.15) is 0 Å². The second-order valence-electron chi connectivity index (χ2n) is 6.35. The van der Waals surface area contributed by atoms with Crippen LogP contribution < -0.4 is 0 Å². The number of ether oxygens (including phenoxy) is 1. The molecule has 4 rings (SSSR count). The Hall–Kier alpha value is -2.51. The maximum absolute atomic E-state index is 12.4. The number of hydrogen-bond donors (Lipinski definition) is 0. The summed E-state index contributed by atoms with van der Waals surface area (Å²) in [5, 5.41) is 21.8.